The first kappa shape index (κ1) is 18.6. The van der Waals surface area contributed by atoms with Gasteiger partial charge in [0.05, 0.1) is 18.7 Å². The molecule has 2 aromatic carbocycles. The van der Waals surface area contributed by atoms with E-state index < -0.39 is 0 Å². The first-order valence-electron chi connectivity index (χ1n) is 9.03. The highest BCUT2D eigenvalue weighted by Crippen LogP contribution is 2.15. The zero-order valence-electron chi connectivity index (χ0n) is 15.1. The Hall–Kier alpha value is -3.21. The minimum Gasteiger partial charge on any atom is -0.461 e. The second kappa shape index (κ2) is 9.48. The Morgan fingerprint density at radius 3 is 2.44 bits per heavy atom. The van der Waals surface area contributed by atoms with Crippen LogP contribution in [0, 0.1) is 0 Å². The van der Waals surface area contributed by atoms with Gasteiger partial charge in [-0.15, -0.1) is 0 Å². The second-order valence-electron chi connectivity index (χ2n) is 6.18. The van der Waals surface area contributed by atoms with E-state index in [0.29, 0.717) is 6.54 Å². The Kier molecular flexibility index (Phi) is 6.52. The largest absolute Gasteiger partial charge is 0.461 e. The van der Waals surface area contributed by atoms with Crippen LogP contribution < -0.4 is 0 Å². The normalized spacial score (nSPS) is 13.6. The maximum absolute atomic E-state index is 12.2. The van der Waals surface area contributed by atoms with Crippen molar-refractivity contribution in [1.82, 2.24) is 5.01 Å². The monoisotopic (exact) mass is 362 g/mol. The highest BCUT2D eigenvalue weighted by atomic mass is 16.5. The van der Waals surface area contributed by atoms with E-state index in [1.807, 2.05) is 66.7 Å². The van der Waals surface area contributed by atoms with Gasteiger partial charge in [0.1, 0.15) is 6.61 Å². The van der Waals surface area contributed by atoms with Crippen LogP contribution in [0.15, 0.2) is 71.8 Å². The fourth-order valence-electron chi connectivity index (χ4n) is 2.77. The Labute approximate surface area is 159 Å². The molecule has 1 aliphatic heterocycles. The summed E-state index contributed by atoms with van der Waals surface area (Å²) in [5, 5.41) is 5.83. The van der Waals surface area contributed by atoms with Crippen molar-refractivity contribution in [1.29, 1.82) is 0 Å². The van der Waals surface area contributed by atoms with E-state index >= 15 is 0 Å². The molecule has 27 heavy (non-hydrogen) atoms. The summed E-state index contributed by atoms with van der Waals surface area (Å²) < 4.78 is 5.13. The van der Waals surface area contributed by atoms with Gasteiger partial charge in [0.15, 0.2) is 0 Å². The van der Waals surface area contributed by atoms with Crippen LogP contribution in [0.25, 0.3) is 6.08 Å². The molecule has 0 spiro atoms. The minimum absolute atomic E-state index is 0.0602. The first-order chi connectivity index (χ1) is 13.2. The van der Waals surface area contributed by atoms with Crippen molar-refractivity contribution in [3.05, 3.63) is 77.9 Å². The number of amides is 1. The van der Waals surface area contributed by atoms with E-state index in [2.05, 4.69) is 5.10 Å². The standard InChI is InChI=1S/C22H22N2O3/c25-21(24-16-15-20(23-24)19-11-5-2-6-12-19)13-14-22(26)27-17-7-10-18-8-3-1-4-9-18/h1-12H,13-17H2/b10-7+. The van der Waals surface area contributed by atoms with Crippen molar-refractivity contribution in [3.63, 3.8) is 0 Å². The molecule has 5 heteroatoms. The summed E-state index contributed by atoms with van der Waals surface area (Å²) in [6.45, 7) is 0.750. The van der Waals surface area contributed by atoms with Crippen LogP contribution >= 0.6 is 0 Å². The molecule has 3 rings (SSSR count). The molecular formula is C22H22N2O3. The van der Waals surface area contributed by atoms with E-state index in [9.17, 15) is 9.59 Å². The Morgan fingerprint density at radius 1 is 1.00 bits per heavy atom. The molecule has 0 bridgehead atoms. The number of hydrogen-bond acceptors (Lipinski definition) is 4. The summed E-state index contributed by atoms with van der Waals surface area (Å²) in [6, 6.07) is 19.6. The van der Waals surface area contributed by atoms with Crippen molar-refractivity contribution in [3.8, 4) is 0 Å². The predicted octanol–water partition coefficient (Wildman–Crippen LogP) is 3.66. The molecule has 0 fully saturated rings. The molecule has 0 aliphatic carbocycles. The molecule has 0 radical (unpaired) electrons. The van der Waals surface area contributed by atoms with Crippen molar-refractivity contribution in [2.24, 2.45) is 5.10 Å². The molecule has 0 atom stereocenters. The first-order valence-corrected chi connectivity index (χ1v) is 9.03. The molecule has 0 saturated heterocycles. The van der Waals surface area contributed by atoms with Gasteiger partial charge in [-0.3, -0.25) is 9.59 Å². The van der Waals surface area contributed by atoms with Crippen molar-refractivity contribution >= 4 is 23.7 Å². The van der Waals surface area contributed by atoms with Gasteiger partial charge in [-0.1, -0.05) is 66.7 Å². The fraction of sp³-hybridized carbons (Fsp3) is 0.227. The third kappa shape index (κ3) is 5.64. The average molecular weight is 362 g/mol. The Balaban J connectivity index is 1.39. The molecule has 0 saturated carbocycles. The van der Waals surface area contributed by atoms with Crippen LogP contribution in [0.1, 0.15) is 30.4 Å². The van der Waals surface area contributed by atoms with Gasteiger partial charge >= 0.3 is 5.97 Å². The number of carbonyl (C=O) groups excluding carboxylic acids is 2. The number of hydrogen-bond donors (Lipinski definition) is 0. The summed E-state index contributed by atoms with van der Waals surface area (Å²) in [5.74, 6) is -0.537. The second-order valence-corrected chi connectivity index (χ2v) is 6.18. The summed E-state index contributed by atoms with van der Waals surface area (Å²) in [5.41, 5.74) is 2.97. The number of ether oxygens (including phenoxy) is 1. The molecule has 138 valence electrons. The third-order valence-electron chi connectivity index (χ3n) is 4.19. The lowest BCUT2D eigenvalue weighted by Gasteiger charge is -2.10. The highest BCUT2D eigenvalue weighted by Gasteiger charge is 2.22. The highest BCUT2D eigenvalue weighted by molar-refractivity contribution is 6.02. The van der Waals surface area contributed by atoms with Gasteiger partial charge in [-0.25, -0.2) is 5.01 Å². The Morgan fingerprint density at radius 2 is 1.70 bits per heavy atom. The number of benzene rings is 2. The van der Waals surface area contributed by atoms with Gasteiger partial charge in [0.25, 0.3) is 0 Å². The van der Waals surface area contributed by atoms with Crippen LogP contribution in [0.2, 0.25) is 0 Å². The number of carbonyl (C=O) groups is 2. The van der Waals surface area contributed by atoms with Gasteiger partial charge < -0.3 is 4.74 Å². The fourth-order valence-corrected chi connectivity index (χ4v) is 2.77. The van der Waals surface area contributed by atoms with Crippen LogP contribution in [0.3, 0.4) is 0 Å². The van der Waals surface area contributed by atoms with E-state index in [0.717, 1.165) is 23.3 Å². The van der Waals surface area contributed by atoms with Gasteiger partial charge in [-0.2, -0.15) is 5.10 Å². The van der Waals surface area contributed by atoms with Crippen LogP contribution in [-0.4, -0.2) is 35.7 Å². The summed E-state index contributed by atoms with van der Waals surface area (Å²) in [7, 11) is 0. The molecular weight excluding hydrogens is 340 g/mol. The zero-order chi connectivity index (χ0) is 18.9. The lowest BCUT2D eigenvalue weighted by Crippen LogP contribution is -2.24. The number of nitrogens with zero attached hydrogens (tertiary/aromatic N) is 2. The van der Waals surface area contributed by atoms with Crippen LogP contribution in [-0.2, 0) is 14.3 Å². The maximum atomic E-state index is 12.2. The Bertz CT molecular complexity index is 829. The van der Waals surface area contributed by atoms with Crippen LogP contribution in [0.4, 0.5) is 0 Å². The molecule has 1 aliphatic rings. The molecule has 0 unspecified atom stereocenters. The zero-order valence-corrected chi connectivity index (χ0v) is 15.1. The number of esters is 1. The van der Waals surface area contributed by atoms with E-state index in [-0.39, 0.29) is 31.3 Å². The summed E-state index contributed by atoms with van der Waals surface area (Å²) in [6.07, 6.45) is 4.57. The maximum Gasteiger partial charge on any atom is 0.306 e. The van der Waals surface area contributed by atoms with Gasteiger partial charge in [0, 0.05) is 12.8 Å². The molecule has 5 nitrogen and oxygen atoms in total. The van der Waals surface area contributed by atoms with E-state index in [4.69, 9.17) is 4.74 Å². The average Bonchev–Trinajstić information content (AvgIpc) is 3.21. The molecule has 1 heterocycles. The van der Waals surface area contributed by atoms with E-state index in [1.165, 1.54) is 5.01 Å². The van der Waals surface area contributed by atoms with Crippen molar-refractivity contribution < 1.29 is 14.3 Å². The summed E-state index contributed by atoms with van der Waals surface area (Å²) >= 11 is 0. The van der Waals surface area contributed by atoms with Crippen molar-refractivity contribution in [2.75, 3.05) is 13.2 Å². The van der Waals surface area contributed by atoms with Gasteiger partial charge in [0.2, 0.25) is 5.91 Å². The SMILES string of the molecule is O=C(CCC(=O)N1CCC(c2ccccc2)=N1)OC/C=C/c1ccccc1. The van der Waals surface area contributed by atoms with Crippen molar-refractivity contribution in [2.45, 2.75) is 19.3 Å². The van der Waals surface area contributed by atoms with Crippen LogP contribution in [0.5, 0.6) is 0 Å². The molecule has 0 N–H and O–H groups in total. The third-order valence-corrected chi connectivity index (χ3v) is 4.19. The smallest absolute Gasteiger partial charge is 0.306 e. The van der Waals surface area contributed by atoms with Gasteiger partial charge in [-0.05, 0) is 17.2 Å². The number of hydrazone groups is 1. The minimum atomic E-state index is -0.382. The molecule has 1 amide bonds. The predicted molar refractivity (Wildman–Crippen MR) is 105 cm³/mol. The lowest BCUT2D eigenvalue weighted by atomic mass is 10.1. The quantitative estimate of drug-likeness (QED) is 0.706. The topological polar surface area (TPSA) is 59.0 Å². The number of rotatable bonds is 7. The molecule has 2 aromatic rings. The lowest BCUT2D eigenvalue weighted by molar-refractivity contribution is -0.145. The van der Waals surface area contributed by atoms with E-state index in [1.54, 1.807) is 6.08 Å². The molecule has 0 aromatic heterocycles. The summed E-state index contributed by atoms with van der Waals surface area (Å²) in [4.78, 5) is 24.0.